The fourth-order valence-corrected chi connectivity index (χ4v) is 2.30. The first-order valence-corrected chi connectivity index (χ1v) is 7.83. The predicted octanol–water partition coefficient (Wildman–Crippen LogP) is 4.70. The number of benzene rings is 2. The fourth-order valence-electron chi connectivity index (χ4n) is 2.07. The third kappa shape index (κ3) is 4.78. The number of carbonyl (C=O) groups is 1. The van der Waals surface area contributed by atoms with Crippen LogP contribution in [0, 0.1) is 0 Å². The van der Waals surface area contributed by atoms with E-state index in [1.807, 2.05) is 55.5 Å². The fraction of sp³-hybridized carbons (Fsp3) is 0.278. The Balaban J connectivity index is 1.93. The molecule has 0 spiro atoms. The maximum absolute atomic E-state index is 12.1. The average Bonchev–Trinajstić information content (AvgIpc) is 2.53. The van der Waals surface area contributed by atoms with Crippen LogP contribution in [0.5, 0.6) is 5.75 Å². The summed E-state index contributed by atoms with van der Waals surface area (Å²) in [6.45, 7) is 2.68. The molecule has 0 fully saturated rings. The van der Waals surface area contributed by atoms with Gasteiger partial charge >= 0.3 is 0 Å². The lowest BCUT2D eigenvalue weighted by molar-refractivity contribution is -0.116. The Morgan fingerprint density at radius 1 is 1.14 bits per heavy atom. The van der Waals surface area contributed by atoms with Gasteiger partial charge in [0.2, 0.25) is 5.91 Å². The van der Waals surface area contributed by atoms with Gasteiger partial charge in [-0.05, 0) is 36.6 Å². The Morgan fingerprint density at radius 3 is 2.64 bits per heavy atom. The number of hydrogen-bond acceptors (Lipinski definition) is 2. The molecule has 0 saturated heterocycles. The maximum atomic E-state index is 12.1. The number of amides is 1. The monoisotopic (exact) mass is 317 g/mol. The van der Waals surface area contributed by atoms with Crippen LogP contribution in [0.3, 0.4) is 0 Å². The van der Waals surface area contributed by atoms with Crippen LogP contribution in [-0.2, 0) is 11.2 Å². The van der Waals surface area contributed by atoms with Crippen LogP contribution >= 0.6 is 11.6 Å². The molecular weight excluding hydrogens is 298 g/mol. The van der Waals surface area contributed by atoms with E-state index in [-0.39, 0.29) is 5.91 Å². The molecule has 1 amide bonds. The van der Waals surface area contributed by atoms with Gasteiger partial charge in [-0.1, -0.05) is 48.9 Å². The summed E-state index contributed by atoms with van der Waals surface area (Å²) < 4.78 is 5.63. The standard InChI is InChI=1S/C18H20ClNO2/c1-2-13-22-17-10-6-5-9-16(17)20-18(21)12-11-14-7-3-4-8-15(14)19/h3-10H,2,11-13H2,1H3,(H,20,21). The second kappa shape index (κ2) is 8.44. The highest BCUT2D eigenvalue weighted by molar-refractivity contribution is 6.31. The number of rotatable bonds is 7. The lowest BCUT2D eigenvalue weighted by Gasteiger charge is -2.12. The Bertz CT molecular complexity index is 628. The molecule has 1 N–H and O–H groups in total. The van der Waals surface area contributed by atoms with Crippen LogP contribution in [0.15, 0.2) is 48.5 Å². The normalized spacial score (nSPS) is 10.3. The molecule has 2 aromatic rings. The van der Waals surface area contributed by atoms with Gasteiger partial charge in [-0.25, -0.2) is 0 Å². The number of halogens is 1. The van der Waals surface area contributed by atoms with E-state index in [1.54, 1.807) is 0 Å². The second-order valence-electron chi connectivity index (χ2n) is 4.98. The number of carbonyl (C=O) groups excluding carboxylic acids is 1. The van der Waals surface area contributed by atoms with Crippen LogP contribution in [-0.4, -0.2) is 12.5 Å². The van der Waals surface area contributed by atoms with Crippen molar-refractivity contribution in [3.05, 3.63) is 59.1 Å². The van der Waals surface area contributed by atoms with Crippen LogP contribution in [0.4, 0.5) is 5.69 Å². The molecule has 22 heavy (non-hydrogen) atoms. The van der Waals surface area contributed by atoms with E-state index in [9.17, 15) is 4.79 Å². The molecule has 0 aliphatic heterocycles. The first-order chi connectivity index (χ1) is 10.7. The lowest BCUT2D eigenvalue weighted by Crippen LogP contribution is -2.13. The number of hydrogen-bond donors (Lipinski definition) is 1. The lowest BCUT2D eigenvalue weighted by atomic mass is 10.1. The van der Waals surface area contributed by atoms with Crippen molar-refractivity contribution in [3.8, 4) is 5.75 Å². The van der Waals surface area contributed by atoms with Crippen LogP contribution in [0.1, 0.15) is 25.3 Å². The molecule has 2 aromatic carbocycles. The molecule has 3 nitrogen and oxygen atoms in total. The Labute approximate surface area is 136 Å². The molecule has 0 radical (unpaired) electrons. The van der Waals surface area contributed by atoms with Gasteiger partial charge in [-0.3, -0.25) is 4.79 Å². The summed E-state index contributed by atoms with van der Waals surface area (Å²) in [4.78, 5) is 12.1. The van der Waals surface area contributed by atoms with Gasteiger partial charge in [0.1, 0.15) is 5.75 Å². The molecule has 0 aromatic heterocycles. The summed E-state index contributed by atoms with van der Waals surface area (Å²) in [5.74, 6) is 0.655. The Kier molecular flexibility index (Phi) is 6.28. The van der Waals surface area contributed by atoms with Crippen molar-refractivity contribution in [1.29, 1.82) is 0 Å². The highest BCUT2D eigenvalue weighted by Gasteiger charge is 2.08. The molecule has 0 saturated carbocycles. The minimum absolute atomic E-state index is 0.0486. The van der Waals surface area contributed by atoms with Gasteiger partial charge in [0, 0.05) is 11.4 Å². The zero-order valence-electron chi connectivity index (χ0n) is 12.6. The minimum Gasteiger partial charge on any atom is -0.491 e. The number of anilines is 1. The van der Waals surface area contributed by atoms with E-state index in [0.29, 0.717) is 35.9 Å². The van der Waals surface area contributed by atoms with Crippen molar-refractivity contribution in [2.24, 2.45) is 0 Å². The van der Waals surface area contributed by atoms with E-state index in [0.717, 1.165) is 12.0 Å². The van der Waals surface area contributed by atoms with Crippen molar-refractivity contribution < 1.29 is 9.53 Å². The van der Waals surface area contributed by atoms with Crippen LogP contribution < -0.4 is 10.1 Å². The molecule has 0 unspecified atom stereocenters. The molecule has 0 aliphatic carbocycles. The number of nitrogens with one attached hydrogen (secondary N) is 1. The van der Waals surface area contributed by atoms with E-state index in [4.69, 9.17) is 16.3 Å². The van der Waals surface area contributed by atoms with Gasteiger partial charge < -0.3 is 10.1 Å². The summed E-state index contributed by atoms with van der Waals surface area (Å²) in [5, 5.41) is 3.60. The third-order valence-corrected chi connectivity index (χ3v) is 3.57. The molecule has 0 bridgehead atoms. The highest BCUT2D eigenvalue weighted by Crippen LogP contribution is 2.24. The summed E-state index contributed by atoms with van der Waals surface area (Å²) in [5.41, 5.74) is 1.69. The molecule has 0 atom stereocenters. The summed E-state index contributed by atoms with van der Waals surface area (Å²) in [6, 6.07) is 15.1. The molecule has 0 aliphatic rings. The molecule has 0 heterocycles. The zero-order chi connectivity index (χ0) is 15.8. The molecular formula is C18H20ClNO2. The minimum atomic E-state index is -0.0486. The third-order valence-electron chi connectivity index (χ3n) is 3.20. The first kappa shape index (κ1) is 16.4. The largest absolute Gasteiger partial charge is 0.491 e. The van der Waals surface area contributed by atoms with Crippen molar-refractivity contribution in [1.82, 2.24) is 0 Å². The Morgan fingerprint density at radius 2 is 1.86 bits per heavy atom. The van der Waals surface area contributed by atoms with Crippen molar-refractivity contribution >= 4 is 23.2 Å². The van der Waals surface area contributed by atoms with E-state index in [1.165, 1.54) is 0 Å². The van der Waals surface area contributed by atoms with Gasteiger partial charge in [0.25, 0.3) is 0 Å². The smallest absolute Gasteiger partial charge is 0.224 e. The number of ether oxygens (including phenoxy) is 1. The second-order valence-corrected chi connectivity index (χ2v) is 5.39. The summed E-state index contributed by atoms with van der Waals surface area (Å²) in [7, 11) is 0. The average molecular weight is 318 g/mol. The molecule has 4 heteroatoms. The van der Waals surface area contributed by atoms with E-state index in [2.05, 4.69) is 5.32 Å². The highest BCUT2D eigenvalue weighted by atomic mass is 35.5. The Hall–Kier alpha value is -2.00. The van der Waals surface area contributed by atoms with E-state index < -0.39 is 0 Å². The van der Waals surface area contributed by atoms with Crippen molar-refractivity contribution in [2.75, 3.05) is 11.9 Å². The van der Waals surface area contributed by atoms with Gasteiger partial charge in [0.15, 0.2) is 0 Å². The SMILES string of the molecule is CCCOc1ccccc1NC(=O)CCc1ccccc1Cl. The zero-order valence-corrected chi connectivity index (χ0v) is 13.4. The van der Waals surface area contributed by atoms with Gasteiger partial charge in [-0.15, -0.1) is 0 Å². The number of aryl methyl sites for hydroxylation is 1. The molecule has 116 valence electrons. The van der Waals surface area contributed by atoms with Crippen LogP contribution in [0.25, 0.3) is 0 Å². The number of para-hydroxylation sites is 2. The van der Waals surface area contributed by atoms with Crippen molar-refractivity contribution in [2.45, 2.75) is 26.2 Å². The first-order valence-electron chi connectivity index (χ1n) is 7.45. The summed E-state index contributed by atoms with van der Waals surface area (Å²) >= 11 is 6.10. The quantitative estimate of drug-likeness (QED) is 0.803. The topological polar surface area (TPSA) is 38.3 Å². The van der Waals surface area contributed by atoms with Crippen molar-refractivity contribution in [3.63, 3.8) is 0 Å². The predicted molar refractivity (Wildman–Crippen MR) is 90.6 cm³/mol. The summed E-state index contributed by atoms with van der Waals surface area (Å²) in [6.07, 6.45) is 1.92. The van der Waals surface area contributed by atoms with Gasteiger partial charge in [-0.2, -0.15) is 0 Å². The maximum Gasteiger partial charge on any atom is 0.224 e. The van der Waals surface area contributed by atoms with Crippen LogP contribution in [0.2, 0.25) is 5.02 Å². The van der Waals surface area contributed by atoms with Gasteiger partial charge in [0.05, 0.1) is 12.3 Å². The molecule has 2 rings (SSSR count). The van der Waals surface area contributed by atoms with E-state index >= 15 is 0 Å².